The standard InChI is InChI=1S/C18H15NO2.C7H7N5O/c1-2-15-11-13-7-6-8-14(12-20)17(13)18(21)19(15)16-9-4-3-5-10-16;8-5-4(6(9)13)7-10-2-1-3-12(7)11-5/h3-12H,2H2,1H3;1-3H,(H2,8,11)(H2,9,13). The van der Waals surface area contributed by atoms with Crippen LogP contribution in [0.3, 0.4) is 0 Å². The van der Waals surface area contributed by atoms with Gasteiger partial charge in [-0.3, -0.25) is 19.0 Å². The molecule has 0 aliphatic heterocycles. The Bertz CT molecular complexity index is 1570. The summed E-state index contributed by atoms with van der Waals surface area (Å²) in [7, 11) is 0. The van der Waals surface area contributed by atoms with Crippen molar-refractivity contribution in [2.75, 3.05) is 5.73 Å². The van der Waals surface area contributed by atoms with E-state index in [9.17, 15) is 14.4 Å². The van der Waals surface area contributed by atoms with Crippen molar-refractivity contribution < 1.29 is 9.59 Å². The lowest BCUT2D eigenvalue weighted by atomic mass is 10.0. The molecule has 1 amide bonds. The lowest BCUT2D eigenvalue weighted by molar-refractivity contribution is 0.100. The number of anilines is 1. The minimum absolute atomic E-state index is 0.103. The van der Waals surface area contributed by atoms with Crippen LogP contribution < -0.4 is 17.0 Å². The number of fused-ring (bicyclic) bond motifs is 2. The number of pyridine rings is 1. The summed E-state index contributed by atoms with van der Waals surface area (Å²) in [5.74, 6) is -0.516. The van der Waals surface area contributed by atoms with Gasteiger partial charge in [-0.25, -0.2) is 9.50 Å². The second kappa shape index (κ2) is 9.37. The molecule has 5 rings (SSSR count). The minimum atomic E-state index is -0.619. The first-order valence-corrected chi connectivity index (χ1v) is 10.5. The maximum absolute atomic E-state index is 12.9. The first-order valence-electron chi connectivity index (χ1n) is 10.5. The average Bonchev–Trinajstić information content (AvgIpc) is 3.20. The highest BCUT2D eigenvalue weighted by Gasteiger charge is 2.15. The highest BCUT2D eigenvalue weighted by molar-refractivity contribution is 6.03. The number of para-hydroxylation sites is 1. The van der Waals surface area contributed by atoms with Crippen LogP contribution >= 0.6 is 0 Å². The molecule has 0 atom stereocenters. The largest absolute Gasteiger partial charge is 0.381 e. The number of carbonyl (C=O) groups is 2. The highest BCUT2D eigenvalue weighted by Crippen LogP contribution is 2.19. The summed E-state index contributed by atoms with van der Waals surface area (Å²) in [5.41, 5.74) is 13.2. The number of benzene rings is 2. The van der Waals surface area contributed by atoms with Crippen LogP contribution in [0.15, 0.2) is 77.9 Å². The molecule has 0 fully saturated rings. The van der Waals surface area contributed by atoms with Crippen molar-refractivity contribution in [1.29, 1.82) is 0 Å². The number of nitrogen functional groups attached to an aromatic ring is 1. The van der Waals surface area contributed by atoms with E-state index in [4.69, 9.17) is 11.5 Å². The summed E-state index contributed by atoms with van der Waals surface area (Å²) in [6.45, 7) is 2.02. The Morgan fingerprint density at radius 2 is 1.85 bits per heavy atom. The minimum Gasteiger partial charge on any atom is -0.381 e. The second-order valence-electron chi connectivity index (χ2n) is 7.41. The Kier molecular flexibility index (Phi) is 6.18. The van der Waals surface area contributed by atoms with E-state index in [1.807, 2.05) is 49.4 Å². The normalized spacial score (nSPS) is 10.6. The Morgan fingerprint density at radius 1 is 1.09 bits per heavy atom. The number of rotatable bonds is 4. The molecular formula is C25H22N6O3. The van der Waals surface area contributed by atoms with Gasteiger partial charge in [0, 0.05) is 29.3 Å². The van der Waals surface area contributed by atoms with Crippen LogP contribution in [0, 0.1) is 0 Å². The molecule has 0 bridgehead atoms. The first-order chi connectivity index (χ1) is 16.5. The monoisotopic (exact) mass is 454 g/mol. The Hall–Kier alpha value is -4.79. The SMILES string of the molecule is CCc1cc2cccc(C=O)c2c(=O)n1-c1ccccc1.NC(=O)c1c(N)nn2cccnc12. The third-order valence-corrected chi connectivity index (χ3v) is 5.33. The number of hydrogen-bond donors (Lipinski definition) is 2. The van der Waals surface area contributed by atoms with E-state index in [2.05, 4.69) is 10.1 Å². The molecule has 0 radical (unpaired) electrons. The lowest BCUT2D eigenvalue weighted by Gasteiger charge is -2.14. The number of nitrogens with two attached hydrogens (primary N) is 2. The van der Waals surface area contributed by atoms with Gasteiger partial charge >= 0.3 is 0 Å². The smallest absolute Gasteiger partial charge is 0.263 e. The highest BCUT2D eigenvalue weighted by atomic mass is 16.1. The van der Waals surface area contributed by atoms with Gasteiger partial charge in [0.1, 0.15) is 5.56 Å². The summed E-state index contributed by atoms with van der Waals surface area (Å²) in [6.07, 6.45) is 4.67. The summed E-state index contributed by atoms with van der Waals surface area (Å²) in [5, 5.41) is 5.16. The fourth-order valence-corrected chi connectivity index (χ4v) is 3.80. The Labute approximate surface area is 194 Å². The van der Waals surface area contributed by atoms with Gasteiger partial charge < -0.3 is 11.5 Å². The Morgan fingerprint density at radius 3 is 2.53 bits per heavy atom. The van der Waals surface area contributed by atoms with Gasteiger partial charge in [-0.05, 0) is 36.1 Å². The van der Waals surface area contributed by atoms with Crippen LogP contribution in [0.1, 0.15) is 33.3 Å². The molecule has 0 aliphatic carbocycles. The maximum atomic E-state index is 12.9. The van der Waals surface area contributed by atoms with Crippen LogP contribution in [-0.4, -0.2) is 31.4 Å². The number of carbonyl (C=O) groups excluding carboxylic acids is 2. The first kappa shape index (κ1) is 22.4. The van der Waals surface area contributed by atoms with Crippen molar-refractivity contribution >= 4 is 34.4 Å². The summed E-state index contributed by atoms with van der Waals surface area (Å²) in [4.78, 5) is 39.0. The average molecular weight is 454 g/mol. The molecule has 0 unspecified atom stereocenters. The van der Waals surface area contributed by atoms with Gasteiger partial charge in [0.25, 0.3) is 11.5 Å². The van der Waals surface area contributed by atoms with Crippen molar-refractivity contribution in [3.63, 3.8) is 0 Å². The summed E-state index contributed by atoms with van der Waals surface area (Å²) in [6, 6.07) is 18.5. The zero-order valence-corrected chi connectivity index (χ0v) is 18.4. The Balaban J connectivity index is 0.000000180. The molecule has 9 nitrogen and oxygen atoms in total. The van der Waals surface area contributed by atoms with Crippen LogP contribution in [0.5, 0.6) is 0 Å². The molecule has 34 heavy (non-hydrogen) atoms. The van der Waals surface area contributed by atoms with Gasteiger partial charge in [0.2, 0.25) is 0 Å². The van der Waals surface area contributed by atoms with E-state index >= 15 is 0 Å². The summed E-state index contributed by atoms with van der Waals surface area (Å²) < 4.78 is 3.10. The third kappa shape index (κ3) is 4.02. The van der Waals surface area contributed by atoms with Gasteiger partial charge in [-0.1, -0.05) is 43.3 Å². The number of amides is 1. The number of hydrogen-bond acceptors (Lipinski definition) is 6. The van der Waals surface area contributed by atoms with Crippen molar-refractivity contribution in [1.82, 2.24) is 19.2 Å². The number of aldehydes is 1. The number of aromatic nitrogens is 4. The molecule has 3 aromatic heterocycles. The quantitative estimate of drug-likeness (QED) is 0.401. The molecule has 4 N–H and O–H groups in total. The number of nitrogens with zero attached hydrogens (tertiary/aromatic N) is 4. The molecular weight excluding hydrogens is 432 g/mol. The summed E-state index contributed by atoms with van der Waals surface area (Å²) >= 11 is 0. The third-order valence-electron chi connectivity index (χ3n) is 5.33. The van der Waals surface area contributed by atoms with Crippen molar-refractivity contribution in [3.8, 4) is 5.69 Å². The van der Waals surface area contributed by atoms with Gasteiger partial charge in [-0.15, -0.1) is 5.10 Å². The second-order valence-corrected chi connectivity index (χ2v) is 7.41. The maximum Gasteiger partial charge on any atom is 0.263 e. The van der Waals surface area contributed by atoms with Gasteiger partial charge in [0.15, 0.2) is 17.8 Å². The lowest BCUT2D eigenvalue weighted by Crippen LogP contribution is -2.22. The van der Waals surface area contributed by atoms with E-state index in [-0.39, 0.29) is 16.9 Å². The predicted molar refractivity (Wildman–Crippen MR) is 130 cm³/mol. The van der Waals surface area contributed by atoms with E-state index in [0.29, 0.717) is 16.6 Å². The number of aryl methyl sites for hydroxylation is 1. The fourth-order valence-electron chi connectivity index (χ4n) is 3.80. The van der Waals surface area contributed by atoms with Crippen molar-refractivity contribution in [3.05, 3.63) is 100 Å². The van der Waals surface area contributed by atoms with E-state index in [0.717, 1.165) is 29.5 Å². The molecule has 0 saturated carbocycles. The molecule has 3 heterocycles. The molecule has 0 saturated heterocycles. The van der Waals surface area contributed by atoms with Crippen molar-refractivity contribution in [2.45, 2.75) is 13.3 Å². The molecule has 170 valence electrons. The fraction of sp³-hybridized carbons (Fsp3) is 0.0800. The predicted octanol–water partition coefficient (Wildman–Crippen LogP) is 2.78. The zero-order valence-electron chi connectivity index (χ0n) is 18.4. The van der Waals surface area contributed by atoms with E-state index in [1.54, 1.807) is 35.2 Å². The number of primary amides is 1. The van der Waals surface area contributed by atoms with Crippen molar-refractivity contribution in [2.24, 2.45) is 5.73 Å². The van der Waals surface area contributed by atoms with Crippen LogP contribution in [0.4, 0.5) is 5.82 Å². The van der Waals surface area contributed by atoms with Crippen LogP contribution in [0.25, 0.3) is 22.1 Å². The molecule has 9 heteroatoms. The molecule has 5 aromatic rings. The van der Waals surface area contributed by atoms with Crippen LogP contribution in [0.2, 0.25) is 0 Å². The molecule has 0 aliphatic rings. The topological polar surface area (TPSA) is 138 Å². The van der Waals surface area contributed by atoms with Gasteiger partial charge in [-0.2, -0.15) is 0 Å². The van der Waals surface area contributed by atoms with E-state index in [1.165, 1.54) is 4.52 Å². The molecule has 0 spiro atoms. The molecule has 2 aromatic carbocycles. The van der Waals surface area contributed by atoms with E-state index < -0.39 is 5.91 Å². The zero-order chi connectivity index (χ0) is 24.2. The van der Waals surface area contributed by atoms with Crippen LogP contribution in [-0.2, 0) is 6.42 Å². The van der Waals surface area contributed by atoms with Gasteiger partial charge in [0.05, 0.1) is 5.39 Å².